The molecule has 21 heavy (non-hydrogen) atoms. The molecule has 6 heteroatoms. The van der Waals surface area contributed by atoms with Crippen molar-refractivity contribution in [3.63, 3.8) is 0 Å². The van der Waals surface area contributed by atoms with Gasteiger partial charge in [0.25, 0.3) is 11.6 Å². The number of benzene rings is 1. The molecule has 0 spiro atoms. The minimum atomic E-state index is -0.491. The van der Waals surface area contributed by atoms with Crippen molar-refractivity contribution in [1.29, 1.82) is 0 Å². The molecule has 1 aromatic carbocycles. The summed E-state index contributed by atoms with van der Waals surface area (Å²) in [5.74, 6) is 0.170. The number of nitro benzene ring substituents is 1. The third kappa shape index (κ3) is 3.21. The highest BCUT2D eigenvalue weighted by atomic mass is 16.6. The van der Waals surface area contributed by atoms with Gasteiger partial charge in [0.2, 0.25) is 0 Å². The Labute approximate surface area is 124 Å². The Morgan fingerprint density at radius 1 is 1.43 bits per heavy atom. The number of piperidine rings is 1. The maximum Gasteiger partial charge on any atom is 0.282 e. The minimum absolute atomic E-state index is 0.116. The first-order valence-electron chi connectivity index (χ1n) is 7.20. The van der Waals surface area contributed by atoms with Crippen molar-refractivity contribution in [3.8, 4) is 0 Å². The molecule has 1 saturated heterocycles. The van der Waals surface area contributed by atoms with Gasteiger partial charge in [0.15, 0.2) is 0 Å². The van der Waals surface area contributed by atoms with E-state index in [9.17, 15) is 14.9 Å². The number of likely N-dealkylation sites (tertiary alicyclic amines) is 1. The van der Waals surface area contributed by atoms with Crippen molar-refractivity contribution >= 4 is 11.6 Å². The molecule has 2 rings (SSSR count). The lowest BCUT2D eigenvalue weighted by atomic mass is 9.90. The molecule has 114 valence electrons. The lowest BCUT2D eigenvalue weighted by Gasteiger charge is -2.33. The zero-order valence-corrected chi connectivity index (χ0v) is 12.4. The van der Waals surface area contributed by atoms with Crippen LogP contribution in [0.5, 0.6) is 0 Å². The lowest BCUT2D eigenvalue weighted by molar-refractivity contribution is -0.385. The predicted octanol–water partition coefficient (Wildman–Crippen LogP) is 2.10. The van der Waals surface area contributed by atoms with Crippen LogP contribution in [-0.2, 0) is 0 Å². The van der Waals surface area contributed by atoms with E-state index in [0.29, 0.717) is 24.6 Å². The Kier molecular flexibility index (Phi) is 4.57. The van der Waals surface area contributed by atoms with E-state index in [1.807, 2.05) is 6.92 Å². The van der Waals surface area contributed by atoms with Gasteiger partial charge in [-0.1, -0.05) is 12.1 Å². The molecule has 1 aromatic rings. The molecular weight excluding hydrogens is 270 g/mol. The van der Waals surface area contributed by atoms with Gasteiger partial charge in [-0.2, -0.15) is 0 Å². The number of nitrogens with two attached hydrogens (primary N) is 1. The van der Waals surface area contributed by atoms with E-state index < -0.39 is 4.92 Å². The molecule has 1 amide bonds. The van der Waals surface area contributed by atoms with Gasteiger partial charge in [-0.25, -0.2) is 0 Å². The Balaban J connectivity index is 2.20. The van der Waals surface area contributed by atoms with E-state index in [2.05, 4.69) is 0 Å². The zero-order chi connectivity index (χ0) is 15.6. The van der Waals surface area contributed by atoms with Gasteiger partial charge in [-0.05, 0) is 38.2 Å². The molecule has 1 fully saturated rings. The van der Waals surface area contributed by atoms with E-state index in [4.69, 9.17) is 5.73 Å². The summed E-state index contributed by atoms with van der Waals surface area (Å²) in [7, 11) is 0. The molecule has 0 aliphatic carbocycles. The standard InChI is InChI=1S/C15H21N3O3/c1-10-4-3-5-13(18(20)21)14(10)15(19)17-8-6-12(7-9-17)11(2)16/h3-5,11-12H,6-9,16H2,1-2H3. The molecule has 0 radical (unpaired) electrons. The van der Waals surface area contributed by atoms with Crippen LogP contribution in [-0.4, -0.2) is 34.9 Å². The van der Waals surface area contributed by atoms with Gasteiger partial charge in [-0.15, -0.1) is 0 Å². The summed E-state index contributed by atoms with van der Waals surface area (Å²) in [6, 6.07) is 4.84. The van der Waals surface area contributed by atoms with Gasteiger partial charge in [-0.3, -0.25) is 14.9 Å². The predicted molar refractivity (Wildman–Crippen MR) is 80.1 cm³/mol. The summed E-state index contributed by atoms with van der Waals surface area (Å²) >= 11 is 0. The van der Waals surface area contributed by atoms with Gasteiger partial charge < -0.3 is 10.6 Å². The topological polar surface area (TPSA) is 89.5 Å². The Morgan fingerprint density at radius 3 is 2.57 bits per heavy atom. The van der Waals surface area contributed by atoms with Crippen LogP contribution in [0.1, 0.15) is 35.7 Å². The van der Waals surface area contributed by atoms with E-state index in [1.54, 1.807) is 24.0 Å². The molecule has 6 nitrogen and oxygen atoms in total. The molecule has 1 unspecified atom stereocenters. The average molecular weight is 291 g/mol. The quantitative estimate of drug-likeness (QED) is 0.682. The highest BCUT2D eigenvalue weighted by Crippen LogP contribution is 2.26. The fourth-order valence-electron chi connectivity index (χ4n) is 2.87. The summed E-state index contributed by atoms with van der Waals surface area (Å²) in [6.07, 6.45) is 1.70. The normalized spacial score (nSPS) is 17.6. The molecule has 2 N–H and O–H groups in total. The first kappa shape index (κ1) is 15.4. The minimum Gasteiger partial charge on any atom is -0.338 e. The summed E-state index contributed by atoms with van der Waals surface area (Å²) in [6.45, 7) is 4.93. The Hall–Kier alpha value is -1.95. The Morgan fingerprint density at radius 2 is 2.05 bits per heavy atom. The fraction of sp³-hybridized carbons (Fsp3) is 0.533. The van der Waals surface area contributed by atoms with Crippen LogP contribution in [0.15, 0.2) is 18.2 Å². The van der Waals surface area contributed by atoms with Crippen molar-refractivity contribution < 1.29 is 9.72 Å². The molecule has 1 atom stereocenters. The molecule has 1 aliphatic rings. The highest BCUT2D eigenvalue weighted by molar-refractivity contribution is 5.99. The fourth-order valence-corrected chi connectivity index (χ4v) is 2.87. The summed E-state index contributed by atoms with van der Waals surface area (Å²) < 4.78 is 0. The summed E-state index contributed by atoms with van der Waals surface area (Å²) in [5, 5.41) is 11.1. The maximum absolute atomic E-state index is 12.6. The first-order chi connectivity index (χ1) is 9.91. The molecule has 0 aromatic heterocycles. The van der Waals surface area contributed by atoms with Crippen LogP contribution in [0, 0.1) is 23.0 Å². The smallest absolute Gasteiger partial charge is 0.282 e. The molecular formula is C15H21N3O3. The first-order valence-corrected chi connectivity index (χ1v) is 7.20. The van der Waals surface area contributed by atoms with Crippen molar-refractivity contribution in [3.05, 3.63) is 39.4 Å². The second-order valence-corrected chi connectivity index (χ2v) is 5.71. The number of carbonyl (C=O) groups excluding carboxylic acids is 1. The number of hydrogen-bond donors (Lipinski definition) is 1. The number of hydrogen-bond acceptors (Lipinski definition) is 4. The maximum atomic E-state index is 12.6. The molecule has 0 saturated carbocycles. The van der Waals surface area contributed by atoms with Crippen molar-refractivity contribution in [2.24, 2.45) is 11.7 Å². The number of aryl methyl sites for hydroxylation is 1. The lowest BCUT2D eigenvalue weighted by Crippen LogP contribution is -2.42. The summed E-state index contributed by atoms with van der Waals surface area (Å²) in [4.78, 5) is 24.9. The van der Waals surface area contributed by atoms with E-state index in [-0.39, 0.29) is 23.2 Å². The van der Waals surface area contributed by atoms with Crippen LogP contribution < -0.4 is 5.73 Å². The number of amides is 1. The van der Waals surface area contributed by atoms with Gasteiger partial charge in [0, 0.05) is 25.2 Å². The zero-order valence-electron chi connectivity index (χ0n) is 12.4. The SMILES string of the molecule is Cc1cccc([N+](=O)[O-])c1C(=O)N1CCC(C(C)N)CC1. The monoisotopic (exact) mass is 291 g/mol. The van der Waals surface area contributed by atoms with Crippen LogP contribution in [0.2, 0.25) is 0 Å². The average Bonchev–Trinajstić information content (AvgIpc) is 2.46. The molecule has 0 bridgehead atoms. The van der Waals surface area contributed by atoms with E-state index in [1.165, 1.54) is 6.07 Å². The van der Waals surface area contributed by atoms with E-state index in [0.717, 1.165) is 12.8 Å². The molecule has 1 aliphatic heterocycles. The third-order valence-electron chi connectivity index (χ3n) is 4.23. The largest absolute Gasteiger partial charge is 0.338 e. The van der Waals surface area contributed by atoms with Crippen molar-refractivity contribution in [2.45, 2.75) is 32.7 Å². The highest BCUT2D eigenvalue weighted by Gasteiger charge is 2.30. The van der Waals surface area contributed by atoms with Crippen LogP contribution >= 0.6 is 0 Å². The van der Waals surface area contributed by atoms with E-state index >= 15 is 0 Å². The molecule has 1 heterocycles. The van der Waals surface area contributed by atoms with Crippen molar-refractivity contribution in [2.75, 3.05) is 13.1 Å². The number of rotatable bonds is 3. The van der Waals surface area contributed by atoms with Crippen molar-refractivity contribution in [1.82, 2.24) is 4.90 Å². The number of nitrogens with zero attached hydrogens (tertiary/aromatic N) is 2. The number of nitro groups is 1. The van der Waals surface area contributed by atoms with Gasteiger partial charge >= 0.3 is 0 Å². The Bertz CT molecular complexity index is 549. The second-order valence-electron chi connectivity index (χ2n) is 5.71. The summed E-state index contributed by atoms with van der Waals surface area (Å²) in [5.41, 5.74) is 6.63. The van der Waals surface area contributed by atoms with Crippen LogP contribution in [0.25, 0.3) is 0 Å². The third-order valence-corrected chi connectivity index (χ3v) is 4.23. The van der Waals surface area contributed by atoms with Gasteiger partial charge in [0.05, 0.1) is 4.92 Å². The second kappa shape index (κ2) is 6.22. The van der Waals surface area contributed by atoms with Gasteiger partial charge in [0.1, 0.15) is 5.56 Å². The number of carbonyl (C=O) groups is 1. The van der Waals surface area contributed by atoms with Crippen LogP contribution in [0.3, 0.4) is 0 Å². The van der Waals surface area contributed by atoms with Crippen LogP contribution in [0.4, 0.5) is 5.69 Å².